The maximum atomic E-state index is 13.1. The minimum Gasteiger partial charge on any atom is -0.319 e. The number of nitrogens with zero attached hydrogens (tertiary/aromatic N) is 3. The summed E-state index contributed by atoms with van der Waals surface area (Å²) in [4.78, 5) is 17.7. The number of halogens is 1. The molecule has 0 saturated carbocycles. The molecule has 0 aliphatic carbocycles. The number of benzene rings is 4. The number of carbonyl (C=O) groups is 1. The number of fused-ring (bicyclic) bond motifs is 1. The molecule has 0 spiro atoms. The highest BCUT2D eigenvalue weighted by Gasteiger charge is 2.20. The lowest BCUT2D eigenvalue weighted by Gasteiger charge is -2.10. The van der Waals surface area contributed by atoms with Crippen molar-refractivity contribution in [3.8, 4) is 17.1 Å². The normalized spacial score (nSPS) is 11.0. The molecule has 0 unspecified atom stereocenters. The molecular weight excluding hydrogens is 432 g/mol. The van der Waals surface area contributed by atoms with Crippen LogP contribution in [-0.4, -0.2) is 20.7 Å². The SMILES string of the molecule is Cc1ccc(-c2nc(C(=O)Nc3ccc4ccccc4c3)nn2-c2cccc(Cl)c2C)cc1. The number of hydrogen-bond donors (Lipinski definition) is 1. The van der Waals surface area contributed by atoms with Crippen molar-refractivity contribution in [2.45, 2.75) is 13.8 Å². The van der Waals surface area contributed by atoms with Gasteiger partial charge >= 0.3 is 0 Å². The zero-order chi connectivity index (χ0) is 22.9. The number of aromatic nitrogens is 3. The van der Waals surface area contributed by atoms with E-state index in [4.69, 9.17) is 11.6 Å². The second-order valence-corrected chi connectivity index (χ2v) is 8.34. The minimum atomic E-state index is -0.378. The Morgan fingerprint density at radius 2 is 1.64 bits per heavy atom. The summed E-state index contributed by atoms with van der Waals surface area (Å²) in [5.74, 6) is 0.277. The molecule has 4 aromatic carbocycles. The third-order valence-electron chi connectivity index (χ3n) is 5.59. The van der Waals surface area contributed by atoms with E-state index in [1.54, 1.807) is 4.68 Å². The summed E-state index contributed by atoms with van der Waals surface area (Å²) in [5, 5.41) is 10.3. The standard InChI is InChI=1S/C27H21ClN4O/c1-17-10-12-20(13-11-17)26-30-25(31-32(26)24-9-5-8-23(28)18(24)2)27(33)29-22-15-14-19-6-3-4-7-21(19)16-22/h3-16H,1-2H3,(H,29,33). The summed E-state index contributed by atoms with van der Waals surface area (Å²) in [6.45, 7) is 3.95. The molecule has 1 aromatic heterocycles. The first-order valence-corrected chi connectivity index (χ1v) is 11.0. The van der Waals surface area contributed by atoms with Crippen molar-refractivity contribution < 1.29 is 4.79 Å². The van der Waals surface area contributed by atoms with Crippen LogP contribution in [0, 0.1) is 13.8 Å². The highest BCUT2D eigenvalue weighted by molar-refractivity contribution is 6.31. The predicted molar refractivity (Wildman–Crippen MR) is 133 cm³/mol. The van der Waals surface area contributed by atoms with Crippen LogP contribution >= 0.6 is 11.6 Å². The first-order chi connectivity index (χ1) is 16.0. The van der Waals surface area contributed by atoms with Crippen molar-refractivity contribution in [3.63, 3.8) is 0 Å². The highest BCUT2D eigenvalue weighted by Crippen LogP contribution is 2.27. The van der Waals surface area contributed by atoms with E-state index < -0.39 is 0 Å². The third kappa shape index (κ3) is 4.11. The topological polar surface area (TPSA) is 59.8 Å². The van der Waals surface area contributed by atoms with Gasteiger partial charge in [0.1, 0.15) is 0 Å². The molecule has 6 heteroatoms. The molecule has 0 bridgehead atoms. The van der Waals surface area contributed by atoms with Crippen LogP contribution in [0.2, 0.25) is 5.02 Å². The number of rotatable bonds is 4. The van der Waals surface area contributed by atoms with Crippen molar-refractivity contribution >= 4 is 34.0 Å². The Hall–Kier alpha value is -3.96. The summed E-state index contributed by atoms with van der Waals surface area (Å²) in [6, 6.07) is 27.4. The number of amides is 1. The molecule has 33 heavy (non-hydrogen) atoms. The van der Waals surface area contributed by atoms with E-state index in [-0.39, 0.29) is 11.7 Å². The number of aryl methyl sites for hydroxylation is 1. The largest absolute Gasteiger partial charge is 0.319 e. The van der Waals surface area contributed by atoms with Gasteiger partial charge in [0, 0.05) is 16.3 Å². The van der Waals surface area contributed by atoms with Gasteiger partial charge in [-0.3, -0.25) is 4.79 Å². The molecule has 5 aromatic rings. The molecule has 0 atom stereocenters. The Labute approximate surface area is 196 Å². The zero-order valence-electron chi connectivity index (χ0n) is 18.2. The van der Waals surface area contributed by atoms with E-state index in [0.717, 1.165) is 33.2 Å². The second-order valence-electron chi connectivity index (χ2n) is 7.94. The average Bonchev–Trinajstić information content (AvgIpc) is 3.27. The molecule has 0 radical (unpaired) electrons. The van der Waals surface area contributed by atoms with Gasteiger partial charge in [0.15, 0.2) is 5.82 Å². The Morgan fingerprint density at radius 3 is 2.42 bits per heavy atom. The van der Waals surface area contributed by atoms with Gasteiger partial charge in [-0.05, 0) is 54.4 Å². The molecule has 0 fully saturated rings. The monoisotopic (exact) mass is 452 g/mol. The molecule has 1 heterocycles. The van der Waals surface area contributed by atoms with Crippen LogP contribution in [0.3, 0.4) is 0 Å². The van der Waals surface area contributed by atoms with Crippen molar-refractivity contribution in [1.29, 1.82) is 0 Å². The maximum absolute atomic E-state index is 13.1. The van der Waals surface area contributed by atoms with Crippen LogP contribution in [-0.2, 0) is 0 Å². The van der Waals surface area contributed by atoms with Crippen molar-refractivity contribution in [1.82, 2.24) is 14.8 Å². The van der Waals surface area contributed by atoms with E-state index in [1.807, 2.05) is 98.8 Å². The molecular formula is C27H21ClN4O. The van der Waals surface area contributed by atoms with Crippen molar-refractivity contribution in [2.24, 2.45) is 0 Å². The lowest BCUT2D eigenvalue weighted by atomic mass is 10.1. The van der Waals surface area contributed by atoms with Crippen LogP contribution < -0.4 is 5.32 Å². The van der Waals surface area contributed by atoms with E-state index in [1.165, 1.54) is 0 Å². The molecule has 5 rings (SSSR count). The maximum Gasteiger partial charge on any atom is 0.295 e. The van der Waals surface area contributed by atoms with Crippen LogP contribution in [0.15, 0.2) is 84.9 Å². The summed E-state index contributed by atoms with van der Waals surface area (Å²) in [5.41, 5.74) is 4.32. The average molecular weight is 453 g/mol. The van der Waals surface area contributed by atoms with Crippen LogP contribution in [0.5, 0.6) is 0 Å². The van der Waals surface area contributed by atoms with Crippen LogP contribution in [0.1, 0.15) is 21.7 Å². The lowest BCUT2D eigenvalue weighted by molar-refractivity contribution is 0.101. The zero-order valence-corrected chi connectivity index (χ0v) is 19.0. The van der Waals surface area contributed by atoms with Gasteiger partial charge in [-0.1, -0.05) is 77.8 Å². The third-order valence-corrected chi connectivity index (χ3v) is 6.00. The van der Waals surface area contributed by atoms with E-state index in [2.05, 4.69) is 15.4 Å². The highest BCUT2D eigenvalue weighted by atomic mass is 35.5. The Morgan fingerprint density at radius 1 is 0.879 bits per heavy atom. The van der Waals surface area contributed by atoms with Gasteiger partial charge in [-0.15, -0.1) is 5.10 Å². The first kappa shape index (κ1) is 20.9. The summed E-state index contributed by atoms with van der Waals surface area (Å²) < 4.78 is 1.68. The van der Waals surface area contributed by atoms with Gasteiger partial charge in [0.05, 0.1) is 5.69 Å². The van der Waals surface area contributed by atoms with Crippen LogP contribution in [0.25, 0.3) is 27.8 Å². The fraction of sp³-hybridized carbons (Fsp3) is 0.0741. The van der Waals surface area contributed by atoms with E-state index >= 15 is 0 Å². The molecule has 1 N–H and O–H groups in total. The first-order valence-electron chi connectivity index (χ1n) is 10.6. The molecule has 0 saturated heterocycles. The van der Waals surface area contributed by atoms with Crippen molar-refractivity contribution in [3.05, 3.63) is 107 Å². The quantitative estimate of drug-likeness (QED) is 0.333. The summed E-state index contributed by atoms with van der Waals surface area (Å²) in [6.07, 6.45) is 0. The summed E-state index contributed by atoms with van der Waals surface area (Å²) in [7, 11) is 0. The molecule has 162 valence electrons. The second kappa shape index (κ2) is 8.52. The van der Waals surface area contributed by atoms with Crippen molar-refractivity contribution in [2.75, 3.05) is 5.32 Å². The van der Waals surface area contributed by atoms with Gasteiger partial charge in [-0.25, -0.2) is 9.67 Å². The van der Waals surface area contributed by atoms with Gasteiger partial charge in [-0.2, -0.15) is 0 Å². The lowest BCUT2D eigenvalue weighted by Crippen LogP contribution is -2.14. The molecule has 5 nitrogen and oxygen atoms in total. The van der Waals surface area contributed by atoms with Gasteiger partial charge in [0.2, 0.25) is 5.82 Å². The van der Waals surface area contributed by atoms with E-state index in [0.29, 0.717) is 16.5 Å². The minimum absolute atomic E-state index is 0.0816. The summed E-state index contributed by atoms with van der Waals surface area (Å²) >= 11 is 6.37. The fourth-order valence-corrected chi connectivity index (χ4v) is 3.91. The van der Waals surface area contributed by atoms with E-state index in [9.17, 15) is 4.79 Å². The number of hydrogen-bond acceptors (Lipinski definition) is 3. The Balaban J connectivity index is 1.56. The number of carbonyl (C=O) groups excluding carboxylic acids is 1. The molecule has 0 aliphatic rings. The van der Waals surface area contributed by atoms with Gasteiger partial charge in [0.25, 0.3) is 5.91 Å². The Bertz CT molecular complexity index is 1490. The number of nitrogens with one attached hydrogen (secondary N) is 1. The molecule has 1 amide bonds. The number of anilines is 1. The Kier molecular flexibility index (Phi) is 5.40. The fourth-order valence-electron chi connectivity index (χ4n) is 3.75. The predicted octanol–water partition coefficient (Wildman–Crippen LogP) is 6.61. The van der Waals surface area contributed by atoms with Crippen LogP contribution in [0.4, 0.5) is 5.69 Å². The van der Waals surface area contributed by atoms with Gasteiger partial charge < -0.3 is 5.32 Å². The smallest absolute Gasteiger partial charge is 0.295 e. The molecule has 0 aliphatic heterocycles.